The van der Waals surface area contributed by atoms with Gasteiger partial charge in [0.25, 0.3) is 0 Å². The summed E-state index contributed by atoms with van der Waals surface area (Å²) in [5.41, 5.74) is 3.68. The van der Waals surface area contributed by atoms with Crippen LogP contribution in [0.5, 0.6) is 0 Å². The maximum atomic E-state index is 13.8. The van der Waals surface area contributed by atoms with Crippen LogP contribution in [-0.4, -0.2) is 23.1 Å². The lowest BCUT2D eigenvalue weighted by molar-refractivity contribution is -0.116. The van der Waals surface area contributed by atoms with Crippen molar-refractivity contribution in [2.45, 2.75) is 25.9 Å². The van der Waals surface area contributed by atoms with Gasteiger partial charge in [-0.2, -0.15) is 9.28 Å². The van der Waals surface area contributed by atoms with Crippen LogP contribution in [0.2, 0.25) is 0 Å². The molecule has 0 saturated carbocycles. The lowest BCUT2D eigenvalue weighted by Crippen LogP contribution is -2.46. The van der Waals surface area contributed by atoms with Gasteiger partial charge in [0, 0.05) is 40.4 Å². The van der Waals surface area contributed by atoms with E-state index in [1.54, 1.807) is 24.4 Å². The van der Waals surface area contributed by atoms with E-state index in [1.165, 1.54) is 18.2 Å². The van der Waals surface area contributed by atoms with Crippen LogP contribution in [0.15, 0.2) is 91.1 Å². The van der Waals surface area contributed by atoms with Gasteiger partial charge in [-0.15, -0.1) is 0 Å². The number of hydrogen-bond acceptors (Lipinski definition) is 2. The second-order valence-electron chi connectivity index (χ2n) is 8.44. The molecule has 1 heterocycles. The van der Waals surface area contributed by atoms with Crippen LogP contribution in [0, 0.1) is 5.82 Å². The molecular weight excluding hydrogens is 431 g/mol. The fourth-order valence-corrected chi connectivity index (χ4v) is 4.34. The third-order valence-corrected chi connectivity index (χ3v) is 5.91. The molecule has 2 atom stereocenters. The van der Waals surface area contributed by atoms with Crippen LogP contribution in [0.25, 0.3) is 11.6 Å². The normalized spacial score (nSPS) is 17.8. The summed E-state index contributed by atoms with van der Waals surface area (Å²) in [5, 5.41) is 13.2. The Hall–Kier alpha value is -4.03. The van der Waals surface area contributed by atoms with Gasteiger partial charge in [-0.05, 0) is 31.6 Å². The number of benzene rings is 3. The van der Waals surface area contributed by atoms with E-state index in [9.17, 15) is 19.1 Å². The molecule has 2 N–H and O–H groups in total. The zero-order chi connectivity index (χ0) is 24.1. The van der Waals surface area contributed by atoms with Gasteiger partial charge in [-0.1, -0.05) is 60.7 Å². The van der Waals surface area contributed by atoms with E-state index in [-0.39, 0.29) is 23.0 Å². The lowest BCUT2D eigenvalue weighted by Gasteiger charge is -2.26. The Labute approximate surface area is 198 Å². The van der Waals surface area contributed by atoms with Crippen LogP contribution in [0.4, 0.5) is 14.9 Å². The first-order valence-corrected chi connectivity index (χ1v) is 11.1. The highest BCUT2D eigenvalue weighted by Gasteiger charge is 2.45. The molecule has 0 saturated heterocycles. The summed E-state index contributed by atoms with van der Waals surface area (Å²) in [6.07, 6.45) is 4.01. The van der Waals surface area contributed by atoms with Crippen molar-refractivity contribution in [2.24, 2.45) is 0 Å². The number of carbonyl (C=O) groups excluding carboxylic acids is 1. The Morgan fingerprint density at radius 3 is 2.41 bits per heavy atom. The Morgan fingerprint density at radius 1 is 1.00 bits per heavy atom. The lowest BCUT2D eigenvalue weighted by atomic mass is 10.0. The van der Waals surface area contributed by atoms with Crippen LogP contribution < -0.4 is 9.80 Å². The number of fused-ring (bicyclic) bond motifs is 1. The van der Waals surface area contributed by atoms with E-state index in [1.807, 2.05) is 61.5 Å². The summed E-state index contributed by atoms with van der Waals surface area (Å²) in [6.45, 7) is 2.14. The van der Waals surface area contributed by atoms with Crippen LogP contribution in [-0.2, 0) is 11.3 Å². The fourth-order valence-electron chi connectivity index (χ4n) is 4.34. The molecule has 2 amide bonds. The smallest absolute Gasteiger partial charge is 0.435 e. The largest absolute Gasteiger partial charge is 0.523 e. The standard InChI is InChI=1S/C28H25FN2O3/c1-20(30-27(32)16-15-22-11-5-7-13-25(22)29)17-23-19-31(28(33)34,18-21-9-3-2-4-10-21)26-14-8-6-12-24(23)26/h2-16,19-20H,17-18H2,1H3,(H-,30,32,33,34)/p+1/t20-,31?/m1/s1. The Morgan fingerprint density at radius 2 is 1.68 bits per heavy atom. The van der Waals surface area contributed by atoms with Crippen molar-refractivity contribution in [3.8, 4) is 0 Å². The molecule has 0 bridgehead atoms. The number of carbonyl (C=O) groups is 2. The number of nitrogens with zero attached hydrogens (tertiary/aromatic N) is 1. The molecule has 0 aliphatic carbocycles. The molecule has 0 aromatic heterocycles. The minimum atomic E-state index is -0.962. The Kier molecular flexibility index (Phi) is 6.70. The Balaban J connectivity index is 1.54. The summed E-state index contributed by atoms with van der Waals surface area (Å²) in [7, 11) is 0. The monoisotopic (exact) mass is 457 g/mol. The average Bonchev–Trinajstić information content (AvgIpc) is 3.13. The molecule has 0 spiro atoms. The van der Waals surface area contributed by atoms with Crippen molar-refractivity contribution in [1.29, 1.82) is 0 Å². The van der Waals surface area contributed by atoms with Gasteiger partial charge in [0.05, 0.1) is 0 Å². The molecule has 1 aliphatic heterocycles. The van der Waals surface area contributed by atoms with Crippen LogP contribution in [0.1, 0.15) is 30.0 Å². The minimum Gasteiger partial charge on any atom is -0.435 e. The molecule has 34 heavy (non-hydrogen) atoms. The quantitative estimate of drug-likeness (QED) is 0.339. The zero-order valence-electron chi connectivity index (χ0n) is 18.8. The van der Waals surface area contributed by atoms with Gasteiger partial charge in [0.15, 0.2) is 5.69 Å². The Bertz CT molecular complexity index is 1270. The van der Waals surface area contributed by atoms with Crippen molar-refractivity contribution in [3.63, 3.8) is 0 Å². The third-order valence-electron chi connectivity index (χ3n) is 5.91. The highest BCUT2D eigenvalue weighted by Crippen LogP contribution is 2.43. The van der Waals surface area contributed by atoms with Gasteiger partial charge in [0.1, 0.15) is 18.6 Å². The molecule has 172 valence electrons. The van der Waals surface area contributed by atoms with Crippen LogP contribution >= 0.6 is 0 Å². The number of para-hydroxylation sites is 1. The summed E-state index contributed by atoms with van der Waals surface area (Å²) < 4.78 is 13.4. The van der Waals surface area contributed by atoms with Crippen molar-refractivity contribution in [1.82, 2.24) is 9.80 Å². The summed E-state index contributed by atoms with van der Waals surface area (Å²) in [4.78, 5) is 25.0. The van der Waals surface area contributed by atoms with E-state index in [0.717, 1.165) is 16.7 Å². The predicted molar refractivity (Wildman–Crippen MR) is 132 cm³/mol. The highest BCUT2D eigenvalue weighted by molar-refractivity contribution is 5.95. The third kappa shape index (κ3) is 4.82. The molecule has 0 fully saturated rings. The first-order chi connectivity index (χ1) is 16.4. The number of nitrogens with one attached hydrogen (secondary N) is 1. The SMILES string of the molecule is C[C@H](CC1=C[N+](Cc2ccccc2)(C(=O)O)c2ccccc21)NC(=O)C=Cc1ccccc1F. The van der Waals surface area contributed by atoms with Crippen molar-refractivity contribution < 1.29 is 19.1 Å². The van der Waals surface area contributed by atoms with Crippen molar-refractivity contribution in [3.05, 3.63) is 114 Å². The fraction of sp³-hybridized carbons (Fsp3) is 0.143. The number of amides is 2. The number of carboxylic acid groups (broad SMARTS) is 1. The minimum absolute atomic E-state index is 0.261. The maximum Gasteiger partial charge on any atom is 0.523 e. The molecule has 4 rings (SSSR count). The summed E-state index contributed by atoms with van der Waals surface area (Å²) in [5.74, 6) is -0.737. The van der Waals surface area contributed by atoms with E-state index in [2.05, 4.69) is 5.32 Å². The molecule has 3 aromatic rings. The first kappa shape index (κ1) is 23.1. The second kappa shape index (κ2) is 9.85. The van der Waals surface area contributed by atoms with Crippen molar-refractivity contribution >= 4 is 29.3 Å². The molecule has 3 aromatic carbocycles. The van der Waals surface area contributed by atoms with E-state index in [0.29, 0.717) is 17.7 Å². The number of rotatable bonds is 7. The van der Waals surface area contributed by atoms with Crippen molar-refractivity contribution in [2.75, 3.05) is 0 Å². The number of hydrogen-bond donors (Lipinski definition) is 2. The highest BCUT2D eigenvalue weighted by atomic mass is 19.1. The molecule has 1 aliphatic rings. The van der Waals surface area contributed by atoms with Gasteiger partial charge >= 0.3 is 6.09 Å². The van der Waals surface area contributed by atoms with E-state index in [4.69, 9.17) is 0 Å². The van der Waals surface area contributed by atoms with E-state index >= 15 is 0 Å². The molecule has 6 heteroatoms. The number of quaternary nitrogens is 1. The van der Waals surface area contributed by atoms with Gasteiger partial charge in [0.2, 0.25) is 5.91 Å². The zero-order valence-corrected chi connectivity index (χ0v) is 18.8. The predicted octanol–water partition coefficient (Wildman–Crippen LogP) is 5.97. The second-order valence-corrected chi connectivity index (χ2v) is 8.44. The first-order valence-electron chi connectivity index (χ1n) is 11.1. The van der Waals surface area contributed by atoms with Crippen LogP contribution in [0.3, 0.4) is 0 Å². The molecule has 1 unspecified atom stereocenters. The van der Waals surface area contributed by atoms with Gasteiger partial charge in [-0.3, -0.25) is 4.79 Å². The topological polar surface area (TPSA) is 66.4 Å². The van der Waals surface area contributed by atoms with Gasteiger partial charge in [-0.25, -0.2) is 4.39 Å². The molecule has 0 radical (unpaired) electrons. The summed E-state index contributed by atoms with van der Waals surface area (Å²) >= 11 is 0. The molecular formula is C28H26FN2O3+. The maximum absolute atomic E-state index is 13.8. The van der Waals surface area contributed by atoms with Gasteiger partial charge < -0.3 is 10.4 Å². The average molecular weight is 458 g/mol. The van der Waals surface area contributed by atoms with E-state index < -0.39 is 11.9 Å². The molecule has 5 nitrogen and oxygen atoms in total. The summed E-state index contributed by atoms with van der Waals surface area (Å²) in [6, 6.07) is 23.0. The number of halogens is 1.